The fourth-order valence-electron chi connectivity index (χ4n) is 4.57. The monoisotopic (exact) mass is 430 g/mol. The van der Waals surface area contributed by atoms with Crippen molar-refractivity contribution in [3.8, 4) is 11.1 Å². The van der Waals surface area contributed by atoms with Crippen molar-refractivity contribution in [2.75, 3.05) is 13.6 Å². The van der Waals surface area contributed by atoms with E-state index in [2.05, 4.69) is 61.4 Å². The van der Waals surface area contributed by atoms with Crippen LogP contribution in [-0.4, -0.2) is 46.4 Å². The average Bonchev–Trinajstić information content (AvgIpc) is 3.14. The summed E-state index contributed by atoms with van der Waals surface area (Å²) in [4.78, 5) is 16.5. The number of nitrogens with zero attached hydrogens (tertiary/aromatic N) is 3. The van der Waals surface area contributed by atoms with Gasteiger partial charge in [0.2, 0.25) is 0 Å². The second-order valence-electron chi connectivity index (χ2n) is 8.16. The molecule has 2 aliphatic rings. The summed E-state index contributed by atoms with van der Waals surface area (Å²) in [7, 11) is 2.08. The Bertz CT molecular complexity index is 1110. The second kappa shape index (κ2) is 8.91. The molecule has 0 amide bonds. The van der Waals surface area contributed by atoms with E-state index < -0.39 is 5.97 Å². The molecule has 2 aliphatic heterocycles. The molecule has 0 aliphatic carbocycles. The normalized spacial score (nSPS) is 17.8. The largest absolute Gasteiger partial charge is 0.478 e. The molecule has 4 rings (SSSR count). The zero-order valence-corrected chi connectivity index (χ0v) is 19.1. The molecule has 0 saturated carbocycles. The Hall–Kier alpha value is -3.54. The highest BCUT2D eigenvalue weighted by atomic mass is 16.4. The summed E-state index contributed by atoms with van der Waals surface area (Å²) in [5.41, 5.74) is 5.51. The SMILES string of the molecule is CCNC1=C(C)C=C2N=C(CC)C(Cc3ccc(-c4ccccc4C(=O)O)cc3)N2N1C. The van der Waals surface area contributed by atoms with Crippen molar-refractivity contribution in [3.05, 3.63) is 82.9 Å². The third kappa shape index (κ3) is 3.88. The molecule has 0 spiro atoms. The van der Waals surface area contributed by atoms with Crippen LogP contribution in [0.15, 0.2) is 76.8 Å². The molecule has 2 heterocycles. The Morgan fingerprint density at radius 2 is 1.84 bits per heavy atom. The highest BCUT2D eigenvalue weighted by Crippen LogP contribution is 2.33. The molecule has 0 saturated heterocycles. The van der Waals surface area contributed by atoms with Gasteiger partial charge in [-0.1, -0.05) is 49.4 Å². The summed E-state index contributed by atoms with van der Waals surface area (Å²) in [5, 5.41) is 17.4. The first-order chi connectivity index (χ1) is 15.4. The van der Waals surface area contributed by atoms with Crippen molar-refractivity contribution >= 4 is 11.7 Å². The van der Waals surface area contributed by atoms with Gasteiger partial charge in [0.1, 0.15) is 11.6 Å². The van der Waals surface area contributed by atoms with Gasteiger partial charge in [0.15, 0.2) is 0 Å². The van der Waals surface area contributed by atoms with Crippen molar-refractivity contribution in [1.29, 1.82) is 0 Å². The molecule has 0 fully saturated rings. The lowest BCUT2D eigenvalue weighted by molar-refractivity contribution is 0.0470. The van der Waals surface area contributed by atoms with Gasteiger partial charge < -0.3 is 10.4 Å². The lowest BCUT2D eigenvalue weighted by Crippen LogP contribution is -2.50. The van der Waals surface area contributed by atoms with Gasteiger partial charge in [0.05, 0.1) is 11.6 Å². The lowest BCUT2D eigenvalue weighted by atomic mass is 9.96. The molecular weight excluding hydrogens is 400 g/mol. The minimum atomic E-state index is -0.910. The van der Waals surface area contributed by atoms with Gasteiger partial charge in [0.25, 0.3) is 0 Å². The number of nitrogens with one attached hydrogen (secondary N) is 1. The van der Waals surface area contributed by atoms with E-state index in [-0.39, 0.29) is 6.04 Å². The quantitative estimate of drug-likeness (QED) is 0.668. The Labute approximate surface area is 189 Å². The van der Waals surface area contributed by atoms with Crippen LogP contribution in [0.2, 0.25) is 0 Å². The minimum Gasteiger partial charge on any atom is -0.478 e. The summed E-state index contributed by atoms with van der Waals surface area (Å²) in [5.74, 6) is 1.18. The van der Waals surface area contributed by atoms with E-state index in [9.17, 15) is 9.90 Å². The number of carboxylic acids is 1. The molecule has 1 unspecified atom stereocenters. The van der Waals surface area contributed by atoms with Gasteiger partial charge >= 0.3 is 5.97 Å². The average molecular weight is 431 g/mol. The highest BCUT2D eigenvalue weighted by Gasteiger charge is 2.37. The summed E-state index contributed by atoms with van der Waals surface area (Å²) in [6.07, 6.45) is 3.87. The van der Waals surface area contributed by atoms with E-state index in [1.807, 2.05) is 24.3 Å². The molecule has 1 atom stereocenters. The lowest BCUT2D eigenvalue weighted by Gasteiger charge is -2.41. The summed E-state index contributed by atoms with van der Waals surface area (Å²) in [6.45, 7) is 7.23. The number of aliphatic imine (C=N–C) groups is 1. The molecule has 32 heavy (non-hydrogen) atoms. The van der Waals surface area contributed by atoms with Gasteiger partial charge in [-0.15, -0.1) is 0 Å². The van der Waals surface area contributed by atoms with E-state index >= 15 is 0 Å². The van der Waals surface area contributed by atoms with Crippen molar-refractivity contribution in [3.63, 3.8) is 0 Å². The van der Waals surface area contributed by atoms with Crippen LogP contribution in [0.5, 0.6) is 0 Å². The van der Waals surface area contributed by atoms with E-state index in [1.54, 1.807) is 12.1 Å². The van der Waals surface area contributed by atoms with Crippen molar-refractivity contribution in [1.82, 2.24) is 15.3 Å². The Balaban J connectivity index is 1.60. The maximum atomic E-state index is 11.6. The number of carboxylic acid groups (broad SMARTS) is 1. The molecule has 2 aromatic carbocycles. The maximum absolute atomic E-state index is 11.6. The predicted octanol–water partition coefficient (Wildman–Crippen LogP) is 4.67. The Morgan fingerprint density at radius 3 is 2.50 bits per heavy atom. The number of carbonyl (C=O) groups is 1. The van der Waals surface area contributed by atoms with Gasteiger partial charge in [-0.3, -0.25) is 10.0 Å². The molecular formula is C26H30N4O2. The van der Waals surface area contributed by atoms with E-state index in [1.165, 1.54) is 16.8 Å². The van der Waals surface area contributed by atoms with Crippen molar-refractivity contribution < 1.29 is 9.90 Å². The molecule has 0 aromatic heterocycles. The van der Waals surface area contributed by atoms with Crippen LogP contribution in [0.25, 0.3) is 11.1 Å². The third-order valence-electron chi connectivity index (χ3n) is 6.10. The third-order valence-corrected chi connectivity index (χ3v) is 6.10. The first-order valence-corrected chi connectivity index (χ1v) is 11.1. The maximum Gasteiger partial charge on any atom is 0.336 e. The fraction of sp³-hybridized carbons (Fsp3) is 0.308. The first kappa shape index (κ1) is 21.7. The van der Waals surface area contributed by atoms with Crippen LogP contribution in [0.1, 0.15) is 43.1 Å². The number of aromatic carboxylic acids is 1. The van der Waals surface area contributed by atoms with Crippen LogP contribution in [0, 0.1) is 0 Å². The molecule has 0 bridgehead atoms. The number of fused-ring (bicyclic) bond motifs is 1. The second-order valence-corrected chi connectivity index (χ2v) is 8.16. The summed E-state index contributed by atoms with van der Waals surface area (Å²) >= 11 is 0. The zero-order chi connectivity index (χ0) is 22.8. The minimum absolute atomic E-state index is 0.148. The Kier molecular flexibility index (Phi) is 6.04. The van der Waals surface area contributed by atoms with Crippen LogP contribution in [-0.2, 0) is 6.42 Å². The van der Waals surface area contributed by atoms with E-state index in [4.69, 9.17) is 4.99 Å². The zero-order valence-electron chi connectivity index (χ0n) is 19.1. The van der Waals surface area contributed by atoms with Crippen LogP contribution < -0.4 is 5.32 Å². The number of hydrogen-bond donors (Lipinski definition) is 2. The molecule has 2 aromatic rings. The van der Waals surface area contributed by atoms with Gasteiger partial charge in [0, 0.05) is 25.7 Å². The van der Waals surface area contributed by atoms with Gasteiger partial charge in [-0.05, 0) is 54.7 Å². The molecule has 0 radical (unpaired) electrons. The van der Waals surface area contributed by atoms with Crippen molar-refractivity contribution in [2.45, 2.75) is 39.7 Å². The topological polar surface area (TPSA) is 68.2 Å². The fourth-order valence-corrected chi connectivity index (χ4v) is 4.57. The highest BCUT2D eigenvalue weighted by molar-refractivity contribution is 5.96. The van der Waals surface area contributed by atoms with Gasteiger partial charge in [-0.25, -0.2) is 9.79 Å². The molecule has 6 heteroatoms. The number of benzene rings is 2. The first-order valence-electron chi connectivity index (χ1n) is 11.1. The van der Waals surface area contributed by atoms with E-state index in [0.717, 1.165) is 42.2 Å². The van der Waals surface area contributed by atoms with Crippen molar-refractivity contribution in [2.24, 2.45) is 4.99 Å². The van der Waals surface area contributed by atoms with Crippen LogP contribution in [0.3, 0.4) is 0 Å². The smallest absolute Gasteiger partial charge is 0.336 e. The number of rotatable bonds is 7. The summed E-state index contributed by atoms with van der Waals surface area (Å²) in [6, 6.07) is 15.5. The summed E-state index contributed by atoms with van der Waals surface area (Å²) < 4.78 is 0. The van der Waals surface area contributed by atoms with Crippen LogP contribution >= 0.6 is 0 Å². The standard InChI is InChI=1S/C26H30N4O2/c1-5-22-23(30-24(28-22)15-17(3)25(27-6-2)29(30)4)16-18-11-13-19(14-12-18)20-9-7-8-10-21(20)26(31)32/h7-15,23,27H,5-6,16H2,1-4H3,(H,31,32). The van der Waals surface area contributed by atoms with E-state index in [0.29, 0.717) is 5.56 Å². The number of hydrogen-bond acceptors (Lipinski definition) is 5. The predicted molar refractivity (Wildman–Crippen MR) is 128 cm³/mol. The molecule has 6 nitrogen and oxygen atoms in total. The Morgan fingerprint density at radius 1 is 1.12 bits per heavy atom. The van der Waals surface area contributed by atoms with Crippen LogP contribution in [0.4, 0.5) is 0 Å². The molecule has 166 valence electrons. The number of hydrazine groups is 1. The number of allylic oxidation sites excluding steroid dienone is 2. The molecule has 2 N–H and O–H groups in total. The van der Waals surface area contributed by atoms with Gasteiger partial charge in [-0.2, -0.15) is 0 Å².